The van der Waals surface area contributed by atoms with Gasteiger partial charge in [-0.1, -0.05) is 24.3 Å². The predicted octanol–water partition coefficient (Wildman–Crippen LogP) is 4.29. The molecule has 6 nitrogen and oxygen atoms in total. The summed E-state index contributed by atoms with van der Waals surface area (Å²) in [7, 11) is 1.74. The number of para-hydroxylation sites is 1. The van der Waals surface area contributed by atoms with Crippen LogP contribution in [0, 0.1) is 0 Å². The Hall–Kier alpha value is -2.07. The number of hydrogen-bond donors (Lipinski definition) is 2. The average Bonchev–Trinajstić information content (AvgIpc) is 3.35. The second-order valence-corrected chi connectivity index (χ2v) is 6.39. The van der Waals surface area contributed by atoms with Gasteiger partial charge in [0.15, 0.2) is 5.96 Å². The molecule has 3 rings (SSSR count). The molecule has 0 aliphatic heterocycles. The van der Waals surface area contributed by atoms with Crippen LogP contribution in [0.3, 0.4) is 0 Å². The number of benzene rings is 1. The summed E-state index contributed by atoms with van der Waals surface area (Å²) < 4.78 is 11.2. The molecule has 0 unspecified atom stereocenters. The normalized spacial score (nSPS) is 11.0. The lowest BCUT2D eigenvalue weighted by Crippen LogP contribution is -2.36. The fourth-order valence-corrected chi connectivity index (χ4v) is 3.08. The summed E-state index contributed by atoms with van der Waals surface area (Å²) in [6.07, 6.45) is 1.67. The third-order valence-corrected chi connectivity index (χ3v) is 4.52. The zero-order valence-corrected chi connectivity index (χ0v) is 18.4. The standard InChI is InChI=1S/C19H22N4O2S.HI/c1-3-24-16-8-5-4-7-14(16)11-21-19(20-2)22-12-15-13-25-18(23-15)17-9-6-10-26-17;/h4-10,13H,3,11-12H2,1-2H3,(H2,20,21,22);1H. The maximum Gasteiger partial charge on any atom is 0.236 e. The molecule has 0 fully saturated rings. The van der Waals surface area contributed by atoms with E-state index in [1.54, 1.807) is 24.6 Å². The van der Waals surface area contributed by atoms with Gasteiger partial charge in [0.25, 0.3) is 0 Å². The number of guanidine groups is 1. The monoisotopic (exact) mass is 498 g/mol. The van der Waals surface area contributed by atoms with E-state index in [0.717, 1.165) is 21.9 Å². The summed E-state index contributed by atoms with van der Waals surface area (Å²) >= 11 is 1.60. The number of rotatable bonds is 7. The molecule has 3 aromatic rings. The molecule has 0 aliphatic carbocycles. The Morgan fingerprint density at radius 1 is 1.19 bits per heavy atom. The molecular formula is C19H23IN4O2S. The quantitative estimate of drug-likeness (QED) is 0.289. The Labute approximate surface area is 180 Å². The first-order chi connectivity index (χ1) is 12.8. The molecular weight excluding hydrogens is 475 g/mol. The van der Waals surface area contributed by atoms with E-state index in [1.165, 1.54) is 0 Å². The van der Waals surface area contributed by atoms with Crippen molar-refractivity contribution < 1.29 is 9.15 Å². The van der Waals surface area contributed by atoms with E-state index in [2.05, 4.69) is 20.6 Å². The van der Waals surface area contributed by atoms with Crippen molar-refractivity contribution in [2.24, 2.45) is 4.99 Å². The third kappa shape index (κ3) is 5.96. The summed E-state index contributed by atoms with van der Waals surface area (Å²) in [4.78, 5) is 9.76. The smallest absolute Gasteiger partial charge is 0.236 e. The van der Waals surface area contributed by atoms with Gasteiger partial charge in [0.2, 0.25) is 5.89 Å². The molecule has 2 aromatic heterocycles. The van der Waals surface area contributed by atoms with E-state index >= 15 is 0 Å². The highest BCUT2D eigenvalue weighted by atomic mass is 127. The number of thiophene rings is 1. The summed E-state index contributed by atoms with van der Waals surface area (Å²) in [5.41, 5.74) is 1.91. The van der Waals surface area contributed by atoms with Crippen LogP contribution in [-0.4, -0.2) is 24.6 Å². The van der Waals surface area contributed by atoms with Gasteiger partial charge in [-0.2, -0.15) is 0 Å². The van der Waals surface area contributed by atoms with Crippen molar-refractivity contribution in [1.82, 2.24) is 15.6 Å². The summed E-state index contributed by atoms with van der Waals surface area (Å²) in [6, 6.07) is 11.9. The Morgan fingerprint density at radius 2 is 2.00 bits per heavy atom. The lowest BCUT2D eigenvalue weighted by Gasteiger charge is -2.13. The highest BCUT2D eigenvalue weighted by molar-refractivity contribution is 14.0. The van der Waals surface area contributed by atoms with Crippen LogP contribution in [0.2, 0.25) is 0 Å². The summed E-state index contributed by atoms with van der Waals surface area (Å²) in [5, 5.41) is 8.54. The van der Waals surface area contributed by atoms with Crippen LogP contribution in [0.1, 0.15) is 18.2 Å². The van der Waals surface area contributed by atoms with Gasteiger partial charge < -0.3 is 19.8 Å². The summed E-state index contributed by atoms with van der Waals surface area (Å²) in [5.74, 6) is 2.22. The van der Waals surface area contributed by atoms with E-state index in [1.807, 2.05) is 48.7 Å². The lowest BCUT2D eigenvalue weighted by molar-refractivity contribution is 0.336. The van der Waals surface area contributed by atoms with Crippen LogP contribution in [0.5, 0.6) is 5.75 Å². The van der Waals surface area contributed by atoms with E-state index in [0.29, 0.717) is 31.5 Å². The molecule has 27 heavy (non-hydrogen) atoms. The minimum atomic E-state index is 0. The molecule has 8 heteroatoms. The topological polar surface area (TPSA) is 71.7 Å². The maximum atomic E-state index is 5.65. The molecule has 0 saturated carbocycles. The zero-order valence-electron chi connectivity index (χ0n) is 15.3. The number of oxazole rings is 1. The lowest BCUT2D eigenvalue weighted by atomic mass is 10.2. The third-order valence-electron chi connectivity index (χ3n) is 3.66. The molecule has 144 valence electrons. The average molecular weight is 498 g/mol. The Balaban J connectivity index is 0.00000261. The predicted molar refractivity (Wildman–Crippen MR) is 120 cm³/mol. The summed E-state index contributed by atoms with van der Waals surface area (Å²) in [6.45, 7) is 3.77. The molecule has 0 bridgehead atoms. The van der Waals surface area contributed by atoms with Gasteiger partial charge in [-0.15, -0.1) is 35.3 Å². The van der Waals surface area contributed by atoms with Gasteiger partial charge in [0.05, 0.1) is 23.7 Å². The van der Waals surface area contributed by atoms with E-state index in [4.69, 9.17) is 9.15 Å². The van der Waals surface area contributed by atoms with E-state index in [-0.39, 0.29) is 24.0 Å². The van der Waals surface area contributed by atoms with Gasteiger partial charge in [0, 0.05) is 19.2 Å². The first-order valence-corrected chi connectivity index (χ1v) is 9.31. The Bertz CT molecular complexity index is 849. The molecule has 0 amide bonds. The van der Waals surface area contributed by atoms with Crippen molar-refractivity contribution in [3.63, 3.8) is 0 Å². The number of nitrogens with zero attached hydrogens (tertiary/aromatic N) is 2. The number of halogens is 1. The fourth-order valence-electron chi connectivity index (χ4n) is 2.42. The minimum Gasteiger partial charge on any atom is -0.494 e. The Kier molecular flexibility index (Phi) is 8.59. The molecule has 1 aromatic carbocycles. The number of nitrogens with one attached hydrogen (secondary N) is 2. The number of aromatic nitrogens is 1. The second kappa shape index (κ2) is 10.9. The van der Waals surface area contributed by atoms with Crippen molar-refractivity contribution in [1.29, 1.82) is 0 Å². The van der Waals surface area contributed by atoms with Crippen LogP contribution < -0.4 is 15.4 Å². The van der Waals surface area contributed by atoms with Gasteiger partial charge in [0.1, 0.15) is 12.0 Å². The van der Waals surface area contributed by atoms with Crippen LogP contribution in [-0.2, 0) is 13.1 Å². The van der Waals surface area contributed by atoms with Crippen molar-refractivity contribution in [2.45, 2.75) is 20.0 Å². The highest BCUT2D eigenvalue weighted by Crippen LogP contribution is 2.23. The maximum absolute atomic E-state index is 5.65. The molecule has 0 atom stereocenters. The largest absolute Gasteiger partial charge is 0.494 e. The van der Waals surface area contributed by atoms with E-state index in [9.17, 15) is 0 Å². The number of aliphatic imine (C=N–C) groups is 1. The van der Waals surface area contributed by atoms with Crippen molar-refractivity contribution in [2.75, 3.05) is 13.7 Å². The van der Waals surface area contributed by atoms with Crippen LogP contribution in [0.15, 0.2) is 57.5 Å². The molecule has 2 N–H and O–H groups in total. The van der Waals surface area contributed by atoms with Crippen LogP contribution in [0.4, 0.5) is 0 Å². The van der Waals surface area contributed by atoms with Crippen molar-refractivity contribution in [3.8, 4) is 16.5 Å². The number of hydrogen-bond acceptors (Lipinski definition) is 5. The number of ether oxygens (including phenoxy) is 1. The first-order valence-electron chi connectivity index (χ1n) is 8.43. The van der Waals surface area contributed by atoms with Gasteiger partial charge in [-0.3, -0.25) is 4.99 Å². The van der Waals surface area contributed by atoms with Gasteiger partial charge in [-0.05, 0) is 24.4 Å². The van der Waals surface area contributed by atoms with E-state index < -0.39 is 0 Å². The fraction of sp³-hybridized carbons (Fsp3) is 0.263. The molecule has 0 radical (unpaired) electrons. The van der Waals surface area contributed by atoms with Crippen molar-refractivity contribution in [3.05, 3.63) is 59.3 Å². The van der Waals surface area contributed by atoms with Crippen LogP contribution >= 0.6 is 35.3 Å². The zero-order chi connectivity index (χ0) is 18.2. The first kappa shape index (κ1) is 21.2. The van der Waals surface area contributed by atoms with Crippen molar-refractivity contribution >= 4 is 41.3 Å². The molecule has 0 aliphatic rings. The van der Waals surface area contributed by atoms with Crippen LogP contribution in [0.25, 0.3) is 10.8 Å². The SMILES string of the molecule is CCOc1ccccc1CNC(=NC)NCc1coc(-c2cccs2)n1.I. The molecule has 0 saturated heterocycles. The Morgan fingerprint density at radius 3 is 2.74 bits per heavy atom. The second-order valence-electron chi connectivity index (χ2n) is 5.44. The molecule has 0 spiro atoms. The van der Waals surface area contributed by atoms with Gasteiger partial charge >= 0.3 is 0 Å². The molecule has 2 heterocycles. The highest BCUT2D eigenvalue weighted by Gasteiger charge is 2.08. The van der Waals surface area contributed by atoms with Gasteiger partial charge in [-0.25, -0.2) is 4.98 Å². The minimum absolute atomic E-state index is 0.